The first-order valence-electron chi connectivity index (χ1n) is 9.56. The molecule has 0 radical (unpaired) electrons. The molecule has 0 bridgehead atoms. The van der Waals surface area contributed by atoms with E-state index >= 15 is 0 Å². The SMILES string of the molecule is CCC(N)(CC)CNC(=O)c1ccc(N2CCN(C(C)=O)CC2)c([N+](=O)[O-])c1.Cl. The summed E-state index contributed by atoms with van der Waals surface area (Å²) >= 11 is 0. The molecule has 0 unspecified atom stereocenters. The summed E-state index contributed by atoms with van der Waals surface area (Å²) < 4.78 is 0. The fraction of sp³-hybridized carbons (Fsp3) is 0.579. The van der Waals surface area contributed by atoms with Crippen molar-refractivity contribution in [2.24, 2.45) is 5.73 Å². The van der Waals surface area contributed by atoms with Gasteiger partial charge in [0.15, 0.2) is 0 Å². The van der Waals surface area contributed by atoms with Gasteiger partial charge in [-0.1, -0.05) is 13.8 Å². The fourth-order valence-electron chi connectivity index (χ4n) is 3.20. The number of nitro groups is 1. The Morgan fingerprint density at radius 3 is 2.28 bits per heavy atom. The summed E-state index contributed by atoms with van der Waals surface area (Å²) in [6, 6.07) is 4.50. The van der Waals surface area contributed by atoms with Crippen LogP contribution in [0, 0.1) is 10.1 Å². The summed E-state index contributed by atoms with van der Waals surface area (Å²) in [7, 11) is 0. The van der Waals surface area contributed by atoms with Crippen molar-refractivity contribution < 1.29 is 14.5 Å². The summed E-state index contributed by atoms with van der Waals surface area (Å²) in [5.74, 6) is -0.385. The second-order valence-corrected chi connectivity index (χ2v) is 7.21. The highest BCUT2D eigenvalue weighted by Gasteiger charge is 2.26. The smallest absolute Gasteiger partial charge is 0.293 e. The van der Waals surface area contributed by atoms with Gasteiger partial charge in [-0.05, 0) is 25.0 Å². The first kappa shape index (κ1) is 24.6. The van der Waals surface area contributed by atoms with E-state index in [1.807, 2.05) is 18.7 Å². The molecule has 9 nitrogen and oxygen atoms in total. The molecule has 2 amide bonds. The number of carbonyl (C=O) groups excluding carboxylic acids is 2. The summed E-state index contributed by atoms with van der Waals surface area (Å²) in [5.41, 5.74) is 6.28. The molecule has 0 saturated carbocycles. The lowest BCUT2D eigenvalue weighted by atomic mass is 9.94. The molecule has 1 aromatic carbocycles. The van der Waals surface area contributed by atoms with E-state index in [0.29, 0.717) is 38.4 Å². The van der Waals surface area contributed by atoms with E-state index in [-0.39, 0.29) is 35.5 Å². The highest BCUT2D eigenvalue weighted by Crippen LogP contribution is 2.30. The van der Waals surface area contributed by atoms with Gasteiger partial charge in [0.05, 0.1) is 4.92 Å². The van der Waals surface area contributed by atoms with Crippen LogP contribution in [0.1, 0.15) is 44.0 Å². The van der Waals surface area contributed by atoms with Crippen molar-refractivity contribution in [3.8, 4) is 0 Å². The Bertz CT molecular complexity index is 746. The van der Waals surface area contributed by atoms with E-state index in [4.69, 9.17) is 5.73 Å². The fourth-order valence-corrected chi connectivity index (χ4v) is 3.20. The Labute approximate surface area is 177 Å². The van der Waals surface area contributed by atoms with Crippen LogP contribution in [0.5, 0.6) is 0 Å². The van der Waals surface area contributed by atoms with Crippen LogP contribution in [0.3, 0.4) is 0 Å². The molecule has 3 N–H and O–H groups in total. The minimum absolute atomic E-state index is 0. The number of halogens is 1. The monoisotopic (exact) mass is 427 g/mol. The maximum absolute atomic E-state index is 12.5. The summed E-state index contributed by atoms with van der Waals surface area (Å²) in [6.07, 6.45) is 1.43. The van der Waals surface area contributed by atoms with Crippen molar-refractivity contribution in [1.82, 2.24) is 10.2 Å². The lowest BCUT2D eigenvalue weighted by molar-refractivity contribution is -0.384. The molecule has 29 heavy (non-hydrogen) atoms. The first-order chi connectivity index (χ1) is 13.2. The minimum Gasteiger partial charge on any atom is -0.362 e. The second kappa shape index (κ2) is 10.4. The van der Waals surface area contributed by atoms with Crippen molar-refractivity contribution in [3.05, 3.63) is 33.9 Å². The molecule has 0 spiro atoms. The Morgan fingerprint density at radius 2 is 1.79 bits per heavy atom. The van der Waals surface area contributed by atoms with Gasteiger partial charge in [0, 0.05) is 56.8 Å². The molecule has 0 atom stereocenters. The number of anilines is 1. The van der Waals surface area contributed by atoms with Gasteiger partial charge in [0.1, 0.15) is 5.69 Å². The van der Waals surface area contributed by atoms with Gasteiger partial charge in [0.25, 0.3) is 11.6 Å². The van der Waals surface area contributed by atoms with Gasteiger partial charge in [-0.15, -0.1) is 12.4 Å². The standard InChI is InChI=1S/C19H29N5O4.ClH/c1-4-19(20,5-2)13-21-18(26)15-6-7-16(17(12-15)24(27)28)23-10-8-22(9-11-23)14(3)25;/h6-7,12H,4-5,8-11,13,20H2,1-3H3,(H,21,26);1H. The molecular weight excluding hydrogens is 398 g/mol. The van der Waals surface area contributed by atoms with E-state index in [1.165, 1.54) is 13.0 Å². The predicted octanol–water partition coefficient (Wildman–Crippen LogP) is 1.93. The van der Waals surface area contributed by atoms with Gasteiger partial charge in [0.2, 0.25) is 5.91 Å². The molecule has 1 aromatic rings. The van der Waals surface area contributed by atoms with Gasteiger partial charge < -0.3 is 20.9 Å². The molecule has 1 aliphatic rings. The Morgan fingerprint density at radius 1 is 1.21 bits per heavy atom. The number of amides is 2. The zero-order chi connectivity index (χ0) is 20.9. The third-order valence-corrected chi connectivity index (χ3v) is 5.51. The van der Waals surface area contributed by atoms with Crippen LogP contribution in [0.4, 0.5) is 11.4 Å². The van der Waals surface area contributed by atoms with Crippen LogP contribution < -0.4 is 16.0 Å². The van der Waals surface area contributed by atoms with E-state index in [1.54, 1.807) is 17.0 Å². The minimum atomic E-state index is -0.488. The number of rotatable bonds is 7. The maximum atomic E-state index is 12.5. The molecule has 162 valence electrons. The van der Waals surface area contributed by atoms with Crippen molar-refractivity contribution in [2.45, 2.75) is 39.2 Å². The summed E-state index contributed by atoms with van der Waals surface area (Å²) in [5, 5.41) is 14.4. The molecule has 1 aliphatic heterocycles. The van der Waals surface area contributed by atoms with Crippen LogP contribution >= 0.6 is 12.4 Å². The third kappa shape index (κ3) is 6.04. The molecule has 10 heteroatoms. The average Bonchev–Trinajstić information content (AvgIpc) is 2.71. The van der Waals surface area contributed by atoms with Gasteiger partial charge in [-0.25, -0.2) is 0 Å². The number of nitrogens with two attached hydrogens (primary N) is 1. The van der Waals surface area contributed by atoms with E-state index in [9.17, 15) is 19.7 Å². The normalized spacial score (nSPS) is 14.2. The second-order valence-electron chi connectivity index (χ2n) is 7.21. The number of hydrogen-bond donors (Lipinski definition) is 2. The lowest BCUT2D eigenvalue weighted by Gasteiger charge is -2.35. The van der Waals surface area contributed by atoms with Crippen molar-refractivity contribution in [1.29, 1.82) is 0 Å². The Balaban J connectivity index is 0.00000420. The molecule has 0 aromatic heterocycles. The van der Waals surface area contributed by atoms with Crippen LogP contribution in [-0.4, -0.2) is 59.9 Å². The molecule has 1 saturated heterocycles. The molecule has 1 fully saturated rings. The summed E-state index contributed by atoms with van der Waals surface area (Å²) in [6.45, 7) is 7.79. The Hall–Kier alpha value is -2.39. The van der Waals surface area contributed by atoms with Crippen LogP contribution in [0.15, 0.2) is 18.2 Å². The van der Waals surface area contributed by atoms with Crippen molar-refractivity contribution in [2.75, 3.05) is 37.6 Å². The number of nitro benzene ring substituents is 1. The first-order valence-corrected chi connectivity index (χ1v) is 9.56. The number of benzene rings is 1. The van der Waals surface area contributed by atoms with Crippen LogP contribution in [-0.2, 0) is 4.79 Å². The van der Waals surface area contributed by atoms with E-state index in [0.717, 1.165) is 12.8 Å². The molecular formula is C19H30ClN5O4. The zero-order valence-electron chi connectivity index (χ0n) is 17.1. The largest absolute Gasteiger partial charge is 0.362 e. The predicted molar refractivity (Wildman–Crippen MR) is 115 cm³/mol. The van der Waals surface area contributed by atoms with Crippen molar-refractivity contribution in [3.63, 3.8) is 0 Å². The van der Waals surface area contributed by atoms with E-state index in [2.05, 4.69) is 5.32 Å². The molecule has 0 aliphatic carbocycles. The molecule has 2 rings (SSSR count). The number of piperazine rings is 1. The third-order valence-electron chi connectivity index (χ3n) is 5.51. The number of hydrogen-bond acceptors (Lipinski definition) is 6. The van der Waals surface area contributed by atoms with Crippen LogP contribution in [0.25, 0.3) is 0 Å². The highest BCUT2D eigenvalue weighted by atomic mass is 35.5. The maximum Gasteiger partial charge on any atom is 0.293 e. The average molecular weight is 428 g/mol. The zero-order valence-corrected chi connectivity index (χ0v) is 18.0. The van der Waals surface area contributed by atoms with Gasteiger partial charge in [-0.2, -0.15) is 0 Å². The van der Waals surface area contributed by atoms with Gasteiger partial charge >= 0.3 is 0 Å². The number of nitrogens with zero attached hydrogens (tertiary/aromatic N) is 3. The number of carbonyl (C=O) groups is 2. The number of nitrogens with one attached hydrogen (secondary N) is 1. The van der Waals surface area contributed by atoms with E-state index < -0.39 is 10.5 Å². The lowest BCUT2D eigenvalue weighted by Crippen LogP contribution is -2.49. The highest BCUT2D eigenvalue weighted by molar-refractivity contribution is 5.95. The van der Waals surface area contributed by atoms with Gasteiger partial charge in [-0.3, -0.25) is 19.7 Å². The quantitative estimate of drug-likeness (QED) is 0.506. The van der Waals surface area contributed by atoms with Crippen molar-refractivity contribution >= 4 is 35.6 Å². The Kier molecular flexibility index (Phi) is 8.84. The topological polar surface area (TPSA) is 122 Å². The molecule has 1 heterocycles. The summed E-state index contributed by atoms with van der Waals surface area (Å²) in [4.78, 5) is 38.6. The van der Waals surface area contributed by atoms with Crippen LogP contribution in [0.2, 0.25) is 0 Å².